The van der Waals surface area contributed by atoms with E-state index in [0.717, 1.165) is 10.2 Å². The predicted octanol–water partition coefficient (Wildman–Crippen LogP) is 4.05. The fraction of sp³-hybridized carbons (Fsp3) is 0. The Morgan fingerprint density at radius 1 is 0.913 bits per heavy atom. The molecule has 1 aromatic heterocycles. The third-order valence-corrected chi connectivity index (χ3v) is 3.50. The van der Waals surface area contributed by atoms with Gasteiger partial charge in [-0.15, -0.1) is 0 Å². The molecule has 3 rings (SSSR count). The van der Waals surface area contributed by atoms with Crippen LogP contribution in [-0.4, -0.2) is 9.97 Å². The molecule has 116 valence electrons. The van der Waals surface area contributed by atoms with Crippen LogP contribution in [0, 0.1) is 0 Å². The van der Waals surface area contributed by atoms with Crippen molar-refractivity contribution in [1.82, 2.24) is 9.97 Å². The van der Waals surface area contributed by atoms with Crippen molar-refractivity contribution in [3.05, 3.63) is 65.4 Å². The van der Waals surface area contributed by atoms with Gasteiger partial charge in [0.2, 0.25) is 5.88 Å². The van der Waals surface area contributed by atoms with Crippen molar-refractivity contribution in [2.75, 3.05) is 16.6 Å². The van der Waals surface area contributed by atoms with Gasteiger partial charge in [0.15, 0.2) is 5.82 Å². The van der Waals surface area contributed by atoms with Gasteiger partial charge in [-0.05, 0) is 36.4 Å². The molecule has 0 bridgehead atoms. The molecule has 0 aliphatic carbocycles. The first-order chi connectivity index (χ1) is 11.2. The number of benzene rings is 2. The van der Waals surface area contributed by atoms with E-state index in [0.29, 0.717) is 23.1 Å². The van der Waals surface area contributed by atoms with E-state index in [1.54, 1.807) is 0 Å². The highest BCUT2D eigenvalue weighted by atomic mass is 79.9. The van der Waals surface area contributed by atoms with Crippen molar-refractivity contribution >= 4 is 33.1 Å². The van der Waals surface area contributed by atoms with Gasteiger partial charge < -0.3 is 10.5 Å². The van der Waals surface area contributed by atoms with Gasteiger partial charge in [-0.3, -0.25) is 10.9 Å². The van der Waals surface area contributed by atoms with Gasteiger partial charge in [0.05, 0.1) is 5.69 Å². The van der Waals surface area contributed by atoms with Crippen LogP contribution in [0.15, 0.2) is 65.4 Å². The maximum absolute atomic E-state index is 6.06. The molecule has 0 saturated heterocycles. The molecule has 4 N–H and O–H groups in total. The third kappa shape index (κ3) is 3.89. The zero-order valence-electron chi connectivity index (χ0n) is 12.0. The lowest BCUT2D eigenvalue weighted by molar-refractivity contribution is 0.464. The first-order valence-corrected chi connectivity index (χ1v) is 7.62. The van der Waals surface area contributed by atoms with Crippen LogP contribution >= 0.6 is 15.9 Å². The zero-order chi connectivity index (χ0) is 16.1. The van der Waals surface area contributed by atoms with Gasteiger partial charge in [-0.1, -0.05) is 34.1 Å². The zero-order valence-corrected chi connectivity index (χ0v) is 13.6. The van der Waals surface area contributed by atoms with Crippen LogP contribution in [0.5, 0.6) is 11.6 Å². The molecule has 2 aromatic carbocycles. The van der Waals surface area contributed by atoms with Crippen LogP contribution in [0.4, 0.5) is 17.2 Å². The highest BCUT2D eigenvalue weighted by Gasteiger charge is 2.10. The molecule has 0 atom stereocenters. The van der Waals surface area contributed by atoms with Gasteiger partial charge >= 0.3 is 0 Å². The Balaban J connectivity index is 1.74. The van der Waals surface area contributed by atoms with E-state index in [-0.39, 0.29) is 0 Å². The topological polar surface area (TPSA) is 85.1 Å². The van der Waals surface area contributed by atoms with Crippen molar-refractivity contribution in [2.45, 2.75) is 0 Å². The van der Waals surface area contributed by atoms with E-state index in [2.05, 4.69) is 36.7 Å². The molecule has 7 heteroatoms. The molecule has 0 spiro atoms. The van der Waals surface area contributed by atoms with Crippen LogP contribution < -0.4 is 21.3 Å². The predicted molar refractivity (Wildman–Crippen MR) is 94.3 cm³/mol. The van der Waals surface area contributed by atoms with Crippen LogP contribution in [0.3, 0.4) is 0 Å². The molecule has 0 saturated carbocycles. The first kappa shape index (κ1) is 15.1. The fourth-order valence-corrected chi connectivity index (χ4v) is 2.09. The van der Waals surface area contributed by atoms with Crippen molar-refractivity contribution in [1.29, 1.82) is 0 Å². The second-order valence-corrected chi connectivity index (χ2v) is 5.53. The van der Waals surface area contributed by atoms with Gasteiger partial charge in [0.25, 0.3) is 0 Å². The molecule has 1 heterocycles. The number of nitrogens with one attached hydrogen (secondary N) is 2. The minimum atomic E-state index is 0.291. The number of hydrogen-bond acceptors (Lipinski definition) is 6. The second kappa shape index (κ2) is 6.97. The maximum Gasteiger partial charge on any atom is 0.248 e. The van der Waals surface area contributed by atoms with Crippen molar-refractivity contribution in [2.24, 2.45) is 0 Å². The summed E-state index contributed by atoms with van der Waals surface area (Å²) in [5, 5.41) is 0. The van der Waals surface area contributed by atoms with E-state index in [4.69, 9.17) is 10.5 Å². The lowest BCUT2D eigenvalue weighted by Gasteiger charge is -2.13. The number of nitrogens with two attached hydrogens (primary N) is 1. The minimum absolute atomic E-state index is 0.291. The van der Waals surface area contributed by atoms with Crippen LogP contribution in [0.1, 0.15) is 0 Å². The molecular formula is C16H14BrN5O. The number of halogens is 1. The Kier molecular flexibility index (Phi) is 4.58. The summed E-state index contributed by atoms with van der Waals surface area (Å²) in [4.78, 5) is 8.19. The van der Waals surface area contributed by atoms with Gasteiger partial charge in [0.1, 0.15) is 17.8 Å². The quantitative estimate of drug-likeness (QED) is 0.586. The molecule has 0 radical (unpaired) electrons. The summed E-state index contributed by atoms with van der Waals surface area (Å²) in [6.45, 7) is 0. The number of anilines is 3. The Bertz CT molecular complexity index is 780. The van der Waals surface area contributed by atoms with Gasteiger partial charge in [0, 0.05) is 4.47 Å². The van der Waals surface area contributed by atoms with Crippen LogP contribution in [0.25, 0.3) is 0 Å². The molecule has 23 heavy (non-hydrogen) atoms. The molecule has 6 nitrogen and oxygen atoms in total. The summed E-state index contributed by atoms with van der Waals surface area (Å²) in [5.74, 6) is 1.37. The number of hydrazine groups is 1. The van der Waals surface area contributed by atoms with E-state index >= 15 is 0 Å². The Labute approximate surface area is 141 Å². The summed E-state index contributed by atoms with van der Waals surface area (Å²) in [6.07, 6.45) is 1.39. The van der Waals surface area contributed by atoms with Gasteiger partial charge in [-0.2, -0.15) is 4.98 Å². The summed E-state index contributed by atoms with van der Waals surface area (Å²) in [7, 11) is 0. The van der Waals surface area contributed by atoms with E-state index in [9.17, 15) is 0 Å². The normalized spacial score (nSPS) is 10.1. The molecule has 0 fully saturated rings. The Morgan fingerprint density at radius 3 is 2.39 bits per heavy atom. The highest BCUT2D eigenvalue weighted by molar-refractivity contribution is 9.10. The van der Waals surface area contributed by atoms with Crippen LogP contribution in [-0.2, 0) is 0 Å². The molecule has 0 aliphatic heterocycles. The van der Waals surface area contributed by atoms with Gasteiger partial charge in [-0.25, -0.2) is 4.98 Å². The lowest BCUT2D eigenvalue weighted by atomic mass is 10.3. The average molecular weight is 372 g/mol. The number of hydrogen-bond donors (Lipinski definition) is 3. The fourth-order valence-electron chi connectivity index (χ4n) is 1.83. The number of ether oxygens (including phenoxy) is 1. The SMILES string of the molecule is Nc1c(NNc2ccccc2)ncnc1Oc1ccc(Br)cc1. The minimum Gasteiger partial charge on any atom is -0.437 e. The average Bonchev–Trinajstić information content (AvgIpc) is 2.58. The molecule has 0 aliphatic rings. The summed E-state index contributed by atoms with van der Waals surface area (Å²) in [6, 6.07) is 17.0. The molecule has 0 unspecified atom stereocenters. The summed E-state index contributed by atoms with van der Waals surface area (Å²) in [5.41, 5.74) is 13.2. The Hall–Kier alpha value is -2.80. The second-order valence-electron chi connectivity index (χ2n) is 4.61. The first-order valence-electron chi connectivity index (χ1n) is 6.83. The number of rotatable bonds is 5. The van der Waals surface area contributed by atoms with E-state index in [1.165, 1.54) is 6.33 Å². The number of para-hydroxylation sites is 1. The number of nitrogen functional groups attached to an aromatic ring is 1. The van der Waals surface area contributed by atoms with Crippen LogP contribution in [0.2, 0.25) is 0 Å². The maximum atomic E-state index is 6.06. The smallest absolute Gasteiger partial charge is 0.248 e. The van der Waals surface area contributed by atoms with E-state index in [1.807, 2.05) is 54.6 Å². The van der Waals surface area contributed by atoms with Crippen molar-refractivity contribution in [3.63, 3.8) is 0 Å². The third-order valence-electron chi connectivity index (χ3n) is 2.97. The molecule has 3 aromatic rings. The molecular weight excluding hydrogens is 358 g/mol. The largest absolute Gasteiger partial charge is 0.437 e. The Morgan fingerprint density at radius 2 is 1.65 bits per heavy atom. The standard InChI is InChI=1S/C16H14BrN5O/c17-11-6-8-13(9-7-11)23-16-14(18)15(19-10-20-16)22-21-12-4-2-1-3-5-12/h1-10,21H,18H2,(H,19,20,22). The summed E-state index contributed by atoms with van der Waals surface area (Å²) >= 11 is 3.38. The molecule has 0 amide bonds. The number of aromatic nitrogens is 2. The lowest BCUT2D eigenvalue weighted by Crippen LogP contribution is -2.12. The van der Waals surface area contributed by atoms with Crippen molar-refractivity contribution in [3.8, 4) is 11.6 Å². The highest BCUT2D eigenvalue weighted by Crippen LogP contribution is 2.29. The van der Waals surface area contributed by atoms with E-state index < -0.39 is 0 Å². The monoisotopic (exact) mass is 371 g/mol. The summed E-state index contributed by atoms with van der Waals surface area (Å²) < 4.78 is 6.66. The number of nitrogens with zero attached hydrogens (tertiary/aromatic N) is 2. The van der Waals surface area contributed by atoms with Crippen molar-refractivity contribution < 1.29 is 4.74 Å².